The Kier molecular flexibility index (Phi) is 3.15. The van der Waals surface area contributed by atoms with Crippen molar-refractivity contribution in [2.24, 2.45) is 5.73 Å². The van der Waals surface area contributed by atoms with E-state index in [2.05, 4.69) is 15.0 Å². The van der Waals surface area contributed by atoms with Gasteiger partial charge in [0.1, 0.15) is 5.52 Å². The lowest BCUT2D eigenvalue weighted by Gasteiger charge is -2.38. The maximum absolute atomic E-state index is 5.64. The van der Waals surface area contributed by atoms with Gasteiger partial charge in [-0.15, -0.1) is 0 Å². The molecule has 2 aromatic heterocycles. The molecule has 0 bridgehead atoms. The van der Waals surface area contributed by atoms with Gasteiger partial charge in [0.25, 0.3) is 0 Å². The van der Waals surface area contributed by atoms with Gasteiger partial charge in [0, 0.05) is 25.0 Å². The molecule has 3 rings (SSSR count). The molecule has 5 nitrogen and oxygen atoms in total. The summed E-state index contributed by atoms with van der Waals surface area (Å²) in [6.07, 6.45) is 10.4. The molecule has 1 aliphatic rings. The molecule has 2 aromatic rings. The molecule has 1 saturated carbocycles. The maximum Gasteiger partial charge on any atom is 0.154 e. The van der Waals surface area contributed by atoms with E-state index in [0.29, 0.717) is 6.04 Å². The van der Waals surface area contributed by atoms with Crippen LogP contribution < -0.4 is 10.6 Å². The van der Waals surface area contributed by atoms with Crippen molar-refractivity contribution in [1.82, 2.24) is 14.6 Å². The van der Waals surface area contributed by atoms with E-state index in [4.69, 9.17) is 5.73 Å². The Balaban J connectivity index is 1.94. The van der Waals surface area contributed by atoms with E-state index >= 15 is 0 Å². The summed E-state index contributed by atoms with van der Waals surface area (Å²) in [5, 5.41) is 4.27. The third-order valence-electron chi connectivity index (χ3n) is 3.69. The SMILES string of the molecule is NCCCN(c1nccn2nccc12)C1CCC1. The molecule has 1 aliphatic carbocycles. The topological polar surface area (TPSA) is 59.5 Å². The van der Waals surface area contributed by atoms with Crippen molar-refractivity contribution in [3.8, 4) is 0 Å². The molecule has 5 heteroatoms. The number of rotatable bonds is 5. The molecule has 0 saturated heterocycles. The predicted molar refractivity (Wildman–Crippen MR) is 71.6 cm³/mol. The lowest BCUT2D eigenvalue weighted by atomic mass is 9.91. The van der Waals surface area contributed by atoms with Crippen LogP contribution in [0.15, 0.2) is 24.7 Å². The van der Waals surface area contributed by atoms with Gasteiger partial charge in [0.05, 0.1) is 6.20 Å². The van der Waals surface area contributed by atoms with E-state index in [1.165, 1.54) is 19.3 Å². The van der Waals surface area contributed by atoms with E-state index in [0.717, 1.165) is 30.8 Å². The molecule has 18 heavy (non-hydrogen) atoms. The average Bonchev–Trinajstić information content (AvgIpc) is 2.80. The number of nitrogens with zero attached hydrogens (tertiary/aromatic N) is 4. The van der Waals surface area contributed by atoms with Gasteiger partial charge in [-0.05, 0) is 38.3 Å². The summed E-state index contributed by atoms with van der Waals surface area (Å²) >= 11 is 0. The number of nitrogens with two attached hydrogens (primary N) is 1. The van der Waals surface area contributed by atoms with Crippen molar-refractivity contribution in [1.29, 1.82) is 0 Å². The van der Waals surface area contributed by atoms with Crippen molar-refractivity contribution >= 4 is 11.3 Å². The van der Waals surface area contributed by atoms with Gasteiger partial charge in [0.2, 0.25) is 0 Å². The molecule has 0 unspecified atom stereocenters. The fraction of sp³-hybridized carbons (Fsp3) is 0.538. The zero-order valence-electron chi connectivity index (χ0n) is 10.5. The standard InChI is InChI=1S/C13H19N5/c14-6-2-9-17(11-3-1-4-11)13-12-5-7-16-18(12)10-8-15-13/h5,7-8,10-11H,1-4,6,9,14H2. The highest BCUT2D eigenvalue weighted by Gasteiger charge is 2.26. The minimum Gasteiger partial charge on any atom is -0.352 e. The molecule has 96 valence electrons. The Bertz CT molecular complexity index is 517. The highest BCUT2D eigenvalue weighted by atomic mass is 15.3. The second-order valence-electron chi connectivity index (χ2n) is 4.83. The predicted octanol–water partition coefficient (Wildman–Crippen LogP) is 1.44. The summed E-state index contributed by atoms with van der Waals surface area (Å²) in [6, 6.07) is 2.65. The molecular formula is C13H19N5. The van der Waals surface area contributed by atoms with Crippen molar-refractivity contribution < 1.29 is 0 Å². The van der Waals surface area contributed by atoms with Gasteiger partial charge < -0.3 is 10.6 Å². The van der Waals surface area contributed by atoms with Crippen LogP contribution in [0.4, 0.5) is 5.82 Å². The number of fused-ring (bicyclic) bond motifs is 1. The second kappa shape index (κ2) is 4.94. The maximum atomic E-state index is 5.64. The minimum atomic E-state index is 0.630. The first-order valence-corrected chi connectivity index (χ1v) is 6.65. The van der Waals surface area contributed by atoms with Gasteiger partial charge in [-0.2, -0.15) is 5.10 Å². The van der Waals surface area contributed by atoms with Gasteiger partial charge in [0.15, 0.2) is 5.82 Å². The first-order chi connectivity index (χ1) is 8.90. The molecular weight excluding hydrogens is 226 g/mol. The van der Waals surface area contributed by atoms with Crippen molar-refractivity contribution in [3.05, 3.63) is 24.7 Å². The summed E-state index contributed by atoms with van der Waals surface area (Å²) in [6.45, 7) is 1.71. The summed E-state index contributed by atoms with van der Waals surface area (Å²) in [5.41, 5.74) is 6.73. The minimum absolute atomic E-state index is 0.630. The van der Waals surface area contributed by atoms with E-state index in [9.17, 15) is 0 Å². The highest BCUT2D eigenvalue weighted by molar-refractivity contribution is 5.68. The van der Waals surface area contributed by atoms with Crippen LogP contribution in [0, 0.1) is 0 Å². The highest BCUT2D eigenvalue weighted by Crippen LogP contribution is 2.30. The van der Waals surface area contributed by atoms with E-state index < -0.39 is 0 Å². The Morgan fingerprint density at radius 2 is 2.28 bits per heavy atom. The van der Waals surface area contributed by atoms with Gasteiger partial charge in [-0.1, -0.05) is 0 Å². The van der Waals surface area contributed by atoms with Crippen LogP contribution in [0.3, 0.4) is 0 Å². The molecule has 0 atom stereocenters. The van der Waals surface area contributed by atoms with E-state index in [1.807, 2.05) is 29.2 Å². The number of anilines is 1. The van der Waals surface area contributed by atoms with Gasteiger partial charge in [-0.25, -0.2) is 9.50 Å². The third-order valence-corrected chi connectivity index (χ3v) is 3.69. The Morgan fingerprint density at radius 1 is 1.39 bits per heavy atom. The normalized spacial score (nSPS) is 15.8. The second-order valence-corrected chi connectivity index (χ2v) is 4.83. The summed E-state index contributed by atoms with van der Waals surface area (Å²) < 4.78 is 1.89. The Morgan fingerprint density at radius 3 is 3.00 bits per heavy atom. The Labute approximate surface area is 107 Å². The van der Waals surface area contributed by atoms with Gasteiger partial charge in [-0.3, -0.25) is 0 Å². The third kappa shape index (κ3) is 1.95. The molecule has 0 spiro atoms. The number of hydrogen-bond acceptors (Lipinski definition) is 4. The fourth-order valence-electron chi connectivity index (χ4n) is 2.49. The largest absolute Gasteiger partial charge is 0.352 e. The Hall–Kier alpha value is -1.62. The van der Waals surface area contributed by atoms with Crippen molar-refractivity contribution in [2.75, 3.05) is 18.0 Å². The van der Waals surface area contributed by atoms with Crippen molar-refractivity contribution in [3.63, 3.8) is 0 Å². The van der Waals surface area contributed by atoms with Crippen LogP contribution in [0.2, 0.25) is 0 Å². The van der Waals surface area contributed by atoms with Gasteiger partial charge >= 0.3 is 0 Å². The molecule has 0 aromatic carbocycles. The average molecular weight is 245 g/mol. The van der Waals surface area contributed by atoms with Crippen molar-refractivity contribution in [2.45, 2.75) is 31.7 Å². The first kappa shape index (κ1) is 11.5. The first-order valence-electron chi connectivity index (χ1n) is 6.65. The summed E-state index contributed by atoms with van der Waals surface area (Å²) in [4.78, 5) is 6.97. The molecule has 2 heterocycles. The molecule has 0 amide bonds. The van der Waals surface area contributed by atoms with Crippen LogP contribution in [0.1, 0.15) is 25.7 Å². The smallest absolute Gasteiger partial charge is 0.154 e. The molecule has 2 N–H and O–H groups in total. The molecule has 0 aliphatic heterocycles. The van der Waals surface area contributed by atoms with Crippen LogP contribution in [0.5, 0.6) is 0 Å². The lowest BCUT2D eigenvalue weighted by Crippen LogP contribution is -2.42. The number of hydrogen-bond donors (Lipinski definition) is 1. The zero-order valence-corrected chi connectivity index (χ0v) is 10.5. The zero-order chi connectivity index (χ0) is 12.4. The summed E-state index contributed by atoms with van der Waals surface area (Å²) in [7, 11) is 0. The van der Waals surface area contributed by atoms with Crippen LogP contribution in [-0.4, -0.2) is 33.7 Å². The van der Waals surface area contributed by atoms with Crippen LogP contribution in [-0.2, 0) is 0 Å². The lowest BCUT2D eigenvalue weighted by molar-refractivity contribution is 0.383. The number of aromatic nitrogens is 3. The van der Waals surface area contributed by atoms with E-state index in [-0.39, 0.29) is 0 Å². The quantitative estimate of drug-likeness (QED) is 0.866. The fourth-order valence-corrected chi connectivity index (χ4v) is 2.49. The summed E-state index contributed by atoms with van der Waals surface area (Å²) in [5.74, 6) is 1.05. The molecule has 1 fully saturated rings. The molecule has 0 radical (unpaired) electrons. The monoisotopic (exact) mass is 245 g/mol. The van der Waals surface area contributed by atoms with Crippen LogP contribution >= 0.6 is 0 Å². The van der Waals surface area contributed by atoms with Crippen LogP contribution in [0.25, 0.3) is 5.52 Å². The van der Waals surface area contributed by atoms with E-state index in [1.54, 1.807) is 0 Å².